The summed E-state index contributed by atoms with van der Waals surface area (Å²) in [4.78, 5) is 18.5. The van der Waals surface area contributed by atoms with Crippen LogP contribution in [0.4, 0.5) is 11.5 Å². The van der Waals surface area contributed by atoms with Crippen LogP contribution in [0.2, 0.25) is 0 Å². The van der Waals surface area contributed by atoms with Crippen LogP contribution in [0.3, 0.4) is 0 Å². The van der Waals surface area contributed by atoms with E-state index < -0.39 is 0 Å². The largest absolute Gasteiger partial charge is 0.352 e. The maximum atomic E-state index is 12.2. The predicted molar refractivity (Wildman–Crippen MR) is 94.2 cm³/mol. The van der Waals surface area contributed by atoms with Gasteiger partial charge in [-0.3, -0.25) is 4.79 Å². The van der Waals surface area contributed by atoms with E-state index in [1.807, 2.05) is 45.3 Å². The predicted octanol–water partition coefficient (Wildman–Crippen LogP) is 2.82. The number of amides is 1. The maximum absolute atomic E-state index is 12.2. The van der Waals surface area contributed by atoms with Gasteiger partial charge in [0.25, 0.3) is 5.91 Å². The lowest BCUT2D eigenvalue weighted by Gasteiger charge is -2.11. The fraction of sp³-hybridized carbons (Fsp3) is 0.333. The Bertz CT molecular complexity index is 655. The molecule has 0 spiro atoms. The van der Waals surface area contributed by atoms with Gasteiger partial charge in [-0.05, 0) is 63.8 Å². The summed E-state index contributed by atoms with van der Waals surface area (Å²) in [6.07, 6.45) is 2.57. The van der Waals surface area contributed by atoms with Gasteiger partial charge < -0.3 is 15.5 Å². The summed E-state index contributed by atoms with van der Waals surface area (Å²) in [5, 5.41) is 6.16. The SMILES string of the molecule is Cc1cccc(Nc2cc(C(=O)NCCCN(C)C)ccn2)c1. The van der Waals surface area contributed by atoms with Crippen molar-refractivity contribution in [1.82, 2.24) is 15.2 Å². The number of carbonyl (C=O) groups is 1. The van der Waals surface area contributed by atoms with Gasteiger partial charge in [-0.15, -0.1) is 0 Å². The van der Waals surface area contributed by atoms with E-state index in [2.05, 4.69) is 20.5 Å². The number of benzene rings is 1. The van der Waals surface area contributed by atoms with E-state index in [4.69, 9.17) is 0 Å². The molecular formula is C18H24N4O. The quantitative estimate of drug-likeness (QED) is 0.772. The van der Waals surface area contributed by atoms with Crippen LogP contribution in [0.1, 0.15) is 22.3 Å². The molecule has 2 rings (SSSR count). The van der Waals surface area contributed by atoms with Crippen LogP contribution in [0.5, 0.6) is 0 Å². The highest BCUT2D eigenvalue weighted by molar-refractivity contribution is 5.94. The van der Waals surface area contributed by atoms with E-state index >= 15 is 0 Å². The number of rotatable bonds is 7. The van der Waals surface area contributed by atoms with Crippen LogP contribution in [-0.2, 0) is 0 Å². The molecule has 0 bridgehead atoms. The van der Waals surface area contributed by atoms with Gasteiger partial charge in [-0.25, -0.2) is 4.98 Å². The molecule has 2 aromatic rings. The first kappa shape index (κ1) is 17.0. The van der Waals surface area contributed by atoms with E-state index in [-0.39, 0.29) is 5.91 Å². The first-order chi connectivity index (χ1) is 11.0. The lowest BCUT2D eigenvalue weighted by molar-refractivity contribution is 0.0952. The number of anilines is 2. The third kappa shape index (κ3) is 5.71. The topological polar surface area (TPSA) is 57.3 Å². The Hall–Kier alpha value is -2.40. The minimum absolute atomic E-state index is 0.0709. The molecule has 0 aliphatic rings. The monoisotopic (exact) mass is 312 g/mol. The van der Waals surface area contributed by atoms with Gasteiger partial charge in [-0.1, -0.05) is 12.1 Å². The Morgan fingerprint density at radius 3 is 2.78 bits per heavy atom. The van der Waals surface area contributed by atoms with Crippen molar-refractivity contribution in [3.8, 4) is 0 Å². The zero-order valence-electron chi connectivity index (χ0n) is 14.0. The first-order valence-electron chi connectivity index (χ1n) is 7.77. The summed E-state index contributed by atoms with van der Waals surface area (Å²) in [6.45, 7) is 3.66. The molecular weight excluding hydrogens is 288 g/mol. The van der Waals surface area contributed by atoms with Crippen molar-refractivity contribution in [2.45, 2.75) is 13.3 Å². The van der Waals surface area contributed by atoms with Crippen molar-refractivity contribution in [1.29, 1.82) is 0 Å². The van der Waals surface area contributed by atoms with Crippen molar-refractivity contribution >= 4 is 17.4 Å². The van der Waals surface area contributed by atoms with E-state index in [9.17, 15) is 4.79 Å². The highest BCUT2D eigenvalue weighted by Gasteiger charge is 2.06. The molecule has 1 aromatic carbocycles. The third-order valence-corrected chi connectivity index (χ3v) is 3.38. The molecule has 0 unspecified atom stereocenters. The van der Waals surface area contributed by atoms with Gasteiger partial charge in [0.2, 0.25) is 0 Å². The summed E-state index contributed by atoms with van der Waals surface area (Å²) >= 11 is 0. The smallest absolute Gasteiger partial charge is 0.251 e. The molecule has 0 atom stereocenters. The molecule has 1 heterocycles. The maximum Gasteiger partial charge on any atom is 0.251 e. The second-order valence-electron chi connectivity index (χ2n) is 5.84. The number of aromatic nitrogens is 1. The average molecular weight is 312 g/mol. The molecule has 0 saturated carbocycles. The second-order valence-corrected chi connectivity index (χ2v) is 5.84. The van der Waals surface area contributed by atoms with Crippen molar-refractivity contribution < 1.29 is 4.79 Å². The van der Waals surface area contributed by atoms with E-state index in [1.54, 1.807) is 18.3 Å². The van der Waals surface area contributed by atoms with Gasteiger partial charge >= 0.3 is 0 Å². The van der Waals surface area contributed by atoms with Gasteiger partial charge in [0, 0.05) is 24.0 Å². The highest BCUT2D eigenvalue weighted by Crippen LogP contribution is 2.16. The lowest BCUT2D eigenvalue weighted by Crippen LogP contribution is -2.27. The third-order valence-electron chi connectivity index (χ3n) is 3.38. The number of hydrogen-bond acceptors (Lipinski definition) is 4. The standard InChI is InChI=1S/C18H24N4O/c1-14-6-4-7-16(12-14)21-17-13-15(8-10-19-17)18(23)20-9-5-11-22(2)3/h4,6-8,10,12-13H,5,9,11H2,1-3H3,(H,19,21)(H,20,23). The Kier molecular flexibility index (Phi) is 6.11. The second kappa shape index (κ2) is 8.29. The summed E-state index contributed by atoms with van der Waals surface area (Å²) in [7, 11) is 4.04. The summed E-state index contributed by atoms with van der Waals surface area (Å²) in [5.74, 6) is 0.593. The molecule has 1 amide bonds. The van der Waals surface area contributed by atoms with Gasteiger partial charge in [0.1, 0.15) is 5.82 Å². The number of hydrogen-bond donors (Lipinski definition) is 2. The van der Waals surface area contributed by atoms with Crippen molar-refractivity contribution in [3.05, 3.63) is 53.7 Å². The van der Waals surface area contributed by atoms with Crippen LogP contribution in [0.15, 0.2) is 42.6 Å². The van der Waals surface area contributed by atoms with Crippen molar-refractivity contribution in [3.63, 3.8) is 0 Å². The van der Waals surface area contributed by atoms with Gasteiger partial charge in [0.05, 0.1) is 0 Å². The summed E-state index contributed by atoms with van der Waals surface area (Å²) in [6, 6.07) is 11.5. The average Bonchev–Trinajstić information content (AvgIpc) is 2.51. The molecule has 23 heavy (non-hydrogen) atoms. The Morgan fingerprint density at radius 2 is 2.04 bits per heavy atom. The van der Waals surface area contributed by atoms with E-state index in [1.165, 1.54) is 5.56 Å². The van der Waals surface area contributed by atoms with Gasteiger partial charge in [-0.2, -0.15) is 0 Å². The fourth-order valence-electron chi connectivity index (χ4n) is 2.21. The van der Waals surface area contributed by atoms with Crippen LogP contribution in [0, 0.1) is 6.92 Å². The molecule has 1 aromatic heterocycles. The minimum atomic E-state index is -0.0709. The Balaban J connectivity index is 1.95. The lowest BCUT2D eigenvalue weighted by atomic mass is 10.2. The molecule has 0 radical (unpaired) electrons. The fourth-order valence-corrected chi connectivity index (χ4v) is 2.21. The molecule has 0 saturated heterocycles. The number of nitrogens with zero attached hydrogens (tertiary/aromatic N) is 2. The number of pyridine rings is 1. The van der Waals surface area contributed by atoms with E-state index in [0.29, 0.717) is 17.9 Å². The van der Waals surface area contributed by atoms with Crippen molar-refractivity contribution in [2.75, 3.05) is 32.5 Å². The molecule has 5 nitrogen and oxygen atoms in total. The molecule has 0 aliphatic heterocycles. The molecule has 5 heteroatoms. The molecule has 2 N–H and O–H groups in total. The minimum Gasteiger partial charge on any atom is -0.352 e. The Morgan fingerprint density at radius 1 is 1.22 bits per heavy atom. The zero-order valence-corrected chi connectivity index (χ0v) is 14.0. The summed E-state index contributed by atoms with van der Waals surface area (Å²) < 4.78 is 0. The highest BCUT2D eigenvalue weighted by atomic mass is 16.1. The van der Waals surface area contributed by atoms with Crippen LogP contribution in [-0.4, -0.2) is 43.0 Å². The number of carbonyl (C=O) groups excluding carboxylic acids is 1. The normalized spacial score (nSPS) is 10.6. The molecule has 0 aliphatic carbocycles. The molecule has 122 valence electrons. The van der Waals surface area contributed by atoms with Crippen molar-refractivity contribution in [2.24, 2.45) is 0 Å². The zero-order chi connectivity index (χ0) is 16.7. The van der Waals surface area contributed by atoms with Gasteiger partial charge in [0.15, 0.2) is 0 Å². The van der Waals surface area contributed by atoms with Crippen LogP contribution >= 0.6 is 0 Å². The van der Waals surface area contributed by atoms with E-state index in [0.717, 1.165) is 18.7 Å². The molecule has 0 fully saturated rings. The van der Waals surface area contributed by atoms with Crippen LogP contribution < -0.4 is 10.6 Å². The Labute approximate surface area is 137 Å². The van der Waals surface area contributed by atoms with Crippen LogP contribution in [0.25, 0.3) is 0 Å². The summed E-state index contributed by atoms with van der Waals surface area (Å²) in [5.41, 5.74) is 2.74. The number of nitrogens with one attached hydrogen (secondary N) is 2. The number of aryl methyl sites for hydroxylation is 1. The first-order valence-corrected chi connectivity index (χ1v) is 7.77.